The van der Waals surface area contributed by atoms with Crippen LogP contribution in [-0.2, 0) is 34.9 Å². The minimum Gasteiger partial charge on any atom is -0.381 e. The highest BCUT2D eigenvalue weighted by molar-refractivity contribution is 7.89. The van der Waals surface area contributed by atoms with Crippen LogP contribution in [0.4, 0.5) is 4.39 Å². The van der Waals surface area contributed by atoms with Gasteiger partial charge in [0.25, 0.3) is 5.56 Å². The van der Waals surface area contributed by atoms with Gasteiger partial charge in [0.05, 0.1) is 36.9 Å². The Morgan fingerprint density at radius 1 is 1.24 bits per heavy atom. The first-order chi connectivity index (χ1) is 15.6. The molecule has 5 rings (SSSR count). The molecule has 0 amide bonds. The van der Waals surface area contributed by atoms with Crippen LogP contribution in [0.5, 0.6) is 0 Å². The van der Waals surface area contributed by atoms with Gasteiger partial charge in [-0.25, -0.2) is 22.3 Å². The van der Waals surface area contributed by atoms with Crippen molar-refractivity contribution in [3.8, 4) is 0 Å². The molecule has 0 unspecified atom stereocenters. The van der Waals surface area contributed by atoms with Crippen LogP contribution in [0.2, 0.25) is 0 Å². The van der Waals surface area contributed by atoms with E-state index in [1.165, 1.54) is 4.57 Å². The summed E-state index contributed by atoms with van der Waals surface area (Å²) >= 11 is 0. The summed E-state index contributed by atoms with van der Waals surface area (Å²) in [6, 6.07) is 2.00. The molecule has 0 spiro atoms. The van der Waals surface area contributed by atoms with Gasteiger partial charge in [-0.15, -0.1) is 0 Å². The van der Waals surface area contributed by atoms with Crippen LogP contribution in [0.3, 0.4) is 0 Å². The molecule has 1 saturated carbocycles. The lowest BCUT2D eigenvalue weighted by atomic mass is 10.1. The van der Waals surface area contributed by atoms with Gasteiger partial charge in [0.2, 0.25) is 10.0 Å². The first kappa shape index (κ1) is 22.0. The number of benzene rings is 1. The lowest BCUT2D eigenvalue weighted by Crippen LogP contribution is -2.43. The fraction of sp³-hybridized carbons (Fsp3) is 0.476. The lowest BCUT2D eigenvalue weighted by molar-refractivity contribution is -0.0395. The molecule has 176 valence electrons. The Morgan fingerprint density at radius 3 is 2.55 bits per heavy atom. The monoisotopic (exact) mass is 477 g/mol. The molecule has 1 aliphatic heterocycles. The summed E-state index contributed by atoms with van der Waals surface area (Å²) in [4.78, 5) is 26.0. The topological polar surface area (TPSA) is 117 Å². The molecule has 1 aromatic carbocycles. The van der Waals surface area contributed by atoms with Crippen LogP contribution in [0.15, 0.2) is 39.0 Å². The number of halogens is 1. The third-order valence-electron chi connectivity index (χ3n) is 6.20. The number of ether oxygens (including phenoxy) is 1. The van der Waals surface area contributed by atoms with E-state index in [9.17, 15) is 18.0 Å². The first-order valence-electron chi connectivity index (χ1n) is 10.6. The third kappa shape index (κ3) is 4.02. The van der Waals surface area contributed by atoms with E-state index in [2.05, 4.69) is 9.82 Å². The van der Waals surface area contributed by atoms with Gasteiger partial charge < -0.3 is 4.74 Å². The van der Waals surface area contributed by atoms with Crippen LogP contribution >= 0.6 is 0 Å². The maximum atomic E-state index is 15.1. The Morgan fingerprint density at radius 2 is 1.97 bits per heavy atom. The van der Waals surface area contributed by atoms with Crippen molar-refractivity contribution < 1.29 is 17.5 Å². The van der Waals surface area contributed by atoms with Crippen molar-refractivity contribution in [2.75, 3.05) is 13.2 Å². The van der Waals surface area contributed by atoms with Gasteiger partial charge in [-0.3, -0.25) is 18.6 Å². The van der Waals surface area contributed by atoms with Crippen LogP contribution in [0, 0.1) is 11.7 Å². The van der Waals surface area contributed by atoms with Gasteiger partial charge in [0.1, 0.15) is 10.7 Å². The molecular formula is C21H24FN5O5S. The number of aryl methyl sites for hydroxylation is 1. The number of aromatic nitrogens is 4. The first-order valence-corrected chi connectivity index (χ1v) is 12.1. The number of hydrogen-bond acceptors (Lipinski definition) is 6. The Labute approximate surface area is 188 Å². The summed E-state index contributed by atoms with van der Waals surface area (Å²) in [5.41, 5.74) is -1.19. The Balaban J connectivity index is 1.70. The largest absolute Gasteiger partial charge is 0.381 e. The minimum absolute atomic E-state index is 0.0400. The van der Waals surface area contributed by atoms with Gasteiger partial charge >= 0.3 is 5.69 Å². The number of sulfonamides is 1. The molecule has 33 heavy (non-hydrogen) atoms. The number of nitrogens with zero attached hydrogens (tertiary/aromatic N) is 4. The smallest absolute Gasteiger partial charge is 0.331 e. The number of hydrogen-bond donors (Lipinski definition) is 1. The zero-order chi connectivity index (χ0) is 23.5. The molecule has 1 N–H and O–H groups in total. The normalized spacial score (nSPS) is 17.9. The highest BCUT2D eigenvalue weighted by atomic mass is 32.2. The number of rotatable bonds is 7. The quantitative estimate of drug-likeness (QED) is 0.532. The summed E-state index contributed by atoms with van der Waals surface area (Å²) in [6.45, 7) is 2.83. The molecule has 0 bridgehead atoms. The van der Waals surface area contributed by atoms with Gasteiger partial charge in [0.15, 0.2) is 0 Å². The summed E-state index contributed by atoms with van der Waals surface area (Å²) < 4.78 is 52.4. The fourth-order valence-corrected chi connectivity index (χ4v) is 5.54. The fourth-order valence-electron chi connectivity index (χ4n) is 3.99. The van der Waals surface area contributed by atoms with Crippen molar-refractivity contribution in [2.45, 2.75) is 43.3 Å². The maximum Gasteiger partial charge on any atom is 0.331 e. The third-order valence-corrected chi connectivity index (χ3v) is 7.85. The second-order valence-corrected chi connectivity index (χ2v) is 10.8. The zero-order valence-electron chi connectivity index (χ0n) is 18.2. The highest BCUT2D eigenvalue weighted by Crippen LogP contribution is 2.36. The second-order valence-electron chi connectivity index (χ2n) is 9.18. The Bertz CT molecular complexity index is 1480. The molecular weight excluding hydrogens is 453 g/mol. The molecule has 0 radical (unpaired) electrons. The SMILES string of the molecule is Cn1cc(Cn2c(=O)c3cc(S(=O)(=O)NC4(C)CC4)c(F)cc3n(CC3COC3)c2=O)cn1. The second kappa shape index (κ2) is 7.61. The van der Waals surface area contributed by atoms with Crippen LogP contribution in [0.1, 0.15) is 25.3 Å². The van der Waals surface area contributed by atoms with Gasteiger partial charge in [-0.05, 0) is 31.9 Å². The summed E-state index contributed by atoms with van der Waals surface area (Å²) in [7, 11) is -2.48. The van der Waals surface area contributed by atoms with E-state index < -0.39 is 37.5 Å². The molecule has 2 fully saturated rings. The Kier molecular flexibility index (Phi) is 5.07. The van der Waals surface area contributed by atoms with E-state index in [0.717, 1.165) is 16.7 Å². The molecule has 10 nitrogen and oxygen atoms in total. The van der Waals surface area contributed by atoms with Crippen molar-refractivity contribution in [2.24, 2.45) is 13.0 Å². The van der Waals surface area contributed by atoms with Crippen LogP contribution < -0.4 is 16.0 Å². The summed E-state index contributed by atoms with van der Waals surface area (Å²) in [5, 5.41) is 4.02. The zero-order valence-corrected chi connectivity index (χ0v) is 19.1. The van der Waals surface area contributed by atoms with Gasteiger partial charge in [0, 0.05) is 36.8 Å². The molecule has 12 heteroatoms. The van der Waals surface area contributed by atoms with Crippen molar-refractivity contribution in [3.63, 3.8) is 0 Å². The van der Waals surface area contributed by atoms with E-state index >= 15 is 4.39 Å². The molecule has 2 aromatic heterocycles. The van der Waals surface area contributed by atoms with Crippen LogP contribution in [0.25, 0.3) is 10.9 Å². The average molecular weight is 478 g/mol. The van der Waals surface area contributed by atoms with Crippen molar-refractivity contribution in [3.05, 3.63) is 56.7 Å². The predicted octanol–water partition coefficient (Wildman–Crippen LogP) is 0.561. The van der Waals surface area contributed by atoms with E-state index in [4.69, 9.17) is 4.74 Å². The van der Waals surface area contributed by atoms with Gasteiger partial charge in [-0.1, -0.05) is 0 Å². The van der Waals surface area contributed by atoms with Crippen molar-refractivity contribution in [1.29, 1.82) is 0 Å². The number of fused-ring (bicyclic) bond motifs is 1. The van der Waals surface area contributed by atoms with Crippen LogP contribution in [-0.4, -0.2) is 46.1 Å². The lowest BCUT2D eigenvalue weighted by Gasteiger charge is -2.27. The summed E-state index contributed by atoms with van der Waals surface area (Å²) in [5.74, 6) is -0.972. The molecule has 1 saturated heterocycles. The highest BCUT2D eigenvalue weighted by Gasteiger charge is 2.42. The minimum atomic E-state index is -4.20. The number of nitrogens with one attached hydrogen (secondary N) is 1. The van der Waals surface area contributed by atoms with E-state index in [1.807, 2.05) is 0 Å². The average Bonchev–Trinajstić information content (AvgIpc) is 3.27. The molecule has 2 aliphatic rings. The standard InChI is InChI=1S/C21H24FN5O5S/c1-21(3-4-21)24-33(30,31)18-5-15-17(6-16(18)22)26(10-14-11-32-12-14)20(29)27(19(15)28)9-13-7-23-25(2)8-13/h5-8,14,24H,3-4,9-12H2,1-2H3. The predicted molar refractivity (Wildman–Crippen MR) is 117 cm³/mol. The molecule has 3 heterocycles. The maximum absolute atomic E-state index is 15.1. The van der Waals surface area contributed by atoms with E-state index in [1.54, 1.807) is 31.0 Å². The van der Waals surface area contributed by atoms with Crippen molar-refractivity contribution in [1.82, 2.24) is 23.6 Å². The molecule has 1 aliphatic carbocycles. The van der Waals surface area contributed by atoms with E-state index in [0.29, 0.717) is 31.6 Å². The Hall–Kier alpha value is -2.83. The van der Waals surface area contributed by atoms with E-state index in [-0.39, 0.29) is 29.9 Å². The van der Waals surface area contributed by atoms with Crippen molar-refractivity contribution >= 4 is 20.9 Å². The molecule has 3 aromatic rings. The summed E-state index contributed by atoms with van der Waals surface area (Å²) in [6.07, 6.45) is 4.53. The van der Waals surface area contributed by atoms with Gasteiger partial charge in [-0.2, -0.15) is 5.10 Å². The molecule has 0 atom stereocenters.